The van der Waals surface area contributed by atoms with Crippen LogP contribution in [0.15, 0.2) is 0 Å². The van der Waals surface area contributed by atoms with E-state index in [0.717, 1.165) is 11.3 Å². The van der Waals surface area contributed by atoms with Crippen LogP contribution < -0.4 is 79.5 Å². The molecular formula is C16H12Cl2N4Na2O5S. The van der Waals surface area contributed by atoms with Crippen LogP contribution in [-0.4, -0.2) is 46.9 Å². The van der Waals surface area contributed by atoms with Gasteiger partial charge in [-0.15, -0.1) is 0 Å². The molecule has 9 nitrogen and oxygen atoms in total. The Bertz CT molecular complexity index is 986. The molecule has 2 aromatic heterocycles. The van der Waals surface area contributed by atoms with Gasteiger partial charge in [0.2, 0.25) is 0 Å². The minimum atomic E-state index is -1.66. The van der Waals surface area contributed by atoms with Crippen LogP contribution >= 0.6 is 34.5 Å². The molecule has 4 rings (SSSR count). The molecule has 0 spiro atoms. The third-order valence-corrected chi connectivity index (χ3v) is 7.08. The fourth-order valence-electron chi connectivity index (χ4n) is 3.57. The average Bonchev–Trinajstić information content (AvgIpc) is 3.06. The number of nitrogens with one attached hydrogen (secondary N) is 2. The van der Waals surface area contributed by atoms with Crippen molar-refractivity contribution in [3.05, 3.63) is 32.0 Å². The summed E-state index contributed by atoms with van der Waals surface area (Å²) in [6, 6.07) is -0.0524. The molecule has 3 heterocycles. The summed E-state index contributed by atoms with van der Waals surface area (Å²) in [5, 5.41) is 25.8. The van der Waals surface area contributed by atoms with Gasteiger partial charge >= 0.3 is 59.1 Å². The minimum Gasteiger partial charge on any atom is -0.544 e. The molecule has 2 fully saturated rings. The maximum Gasteiger partial charge on any atom is 1.00 e. The van der Waals surface area contributed by atoms with Crippen molar-refractivity contribution in [3.63, 3.8) is 0 Å². The molecule has 1 aliphatic carbocycles. The van der Waals surface area contributed by atoms with Gasteiger partial charge in [-0.05, 0) is 6.92 Å². The molecule has 1 unspecified atom stereocenters. The van der Waals surface area contributed by atoms with Crippen LogP contribution in [0.2, 0.25) is 10.0 Å². The maximum absolute atomic E-state index is 12.4. The molecule has 2 aromatic rings. The normalized spacial score (nSPS) is 21.3. The Labute approximate surface area is 229 Å². The van der Waals surface area contributed by atoms with Crippen molar-refractivity contribution >= 4 is 57.5 Å². The van der Waals surface area contributed by atoms with Gasteiger partial charge in [0, 0.05) is 36.7 Å². The summed E-state index contributed by atoms with van der Waals surface area (Å²) in [7, 11) is 0. The summed E-state index contributed by atoms with van der Waals surface area (Å²) in [6.45, 7) is 2.74. The second-order valence-electron chi connectivity index (χ2n) is 6.73. The third kappa shape index (κ3) is 4.57. The van der Waals surface area contributed by atoms with Crippen LogP contribution in [0.25, 0.3) is 0 Å². The molecule has 3 atom stereocenters. The first-order valence-electron chi connectivity index (χ1n) is 8.22. The predicted molar refractivity (Wildman–Crippen MR) is 96.8 cm³/mol. The van der Waals surface area contributed by atoms with Gasteiger partial charge < -0.3 is 35.0 Å². The molecular weight excluding hydrogens is 477 g/mol. The van der Waals surface area contributed by atoms with E-state index in [1.165, 1.54) is 0 Å². The Balaban J connectivity index is 0.00000160. The summed E-state index contributed by atoms with van der Waals surface area (Å²) in [4.78, 5) is 42.6. The van der Waals surface area contributed by atoms with Crippen molar-refractivity contribution in [1.82, 2.24) is 15.3 Å². The number of nitrogens with zero attached hydrogens (tertiary/aromatic N) is 2. The second-order valence-corrected chi connectivity index (χ2v) is 8.47. The summed E-state index contributed by atoms with van der Waals surface area (Å²) < 4.78 is 0. The molecule has 0 aromatic carbocycles. The number of H-pyrrole nitrogens is 1. The van der Waals surface area contributed by atoms with Crippen molar-refractivity contribution in [2.24, 2.45) is 11.8 Å². The van der Waals surface area contributed by atoms with E-state index in [9.17, 15) is 24.6 Å². The number of piperidine rings is 1. The second kappa shape index (κ2) is 9.68. The van der Waals surface area contributed by atoms with Crippen molar-refractivity contribution < 1.29 is 83.7 Å². The zero-order chi connectivity index (χ0) is 20.3. The quantitative estimate of drug-likeness (QED) is 0.398. The molecule has 1 saturated heterocycles. The summed E-state index contributed by atoms with van der Waals surface area (Å²) in [5.41, 5.74) is 0.192. The van der Waals surface area contributed by atoms with Gasteiger partial charge in [0.05, 0.1) is 26.9 Å². The average molecular weight is 489 g/mol. The predicted octanol–water partition coefficient (Wildman–Crippen LogP) is -6.31. The molecule has 30 heavy (non-hydrogen) atoms. The Morgan fingerprint density at radius 1 is 1.13 bits per heavy atom. The van der Waals surface area contributed by atoms with Crippen LogP contribution in [0.3, 0.4) is 0 Å². The molecule has 1 amide bonds. The number of aryl methyl sites for hydroxylation is 1. The number of rotatable bonds is 5. The summed E-state index contributed by atoms with van der Waals surface area (Å²) >= 11 is 12.8. The first-order chi connectivity index (χ1) is 13.2. The van der Waals surface area contributed by atoms with Crippen LogP contribution in [0.4, 0.5) is 5.13 Å². The van der Waals surface area contributed by atoms with Gasteiger partial charge in [0.25, 0.3) is 5.91 Å². The van der Waals surface area contributed by atoms with Crippen LogP contribution in [-0.2, 0) is 0 Å². The molecule has 1 saturated carbocycles. The monoisotopic (exact) mass is 488 g/mol. The number of anilines is 1. The number of hydrogen-bond acceptors (Lipinski definition) is 8. The van der Waals surface area contributed by atoms with E-state index in [1.54, 1.807) is 11.8 Å². The van der Waals surface area contributed by atoms with Crippen molar-refractivity contribution in [1.29, 1.82) is 0 Å². The van der Waals surface area contributed by atoms with Crippen LogP contribution in [0, 0.1) is 18.8 Å². The number of amides is 1. The Morgan fingerprint density at radius 2 is 1.73 bits per heavy atom. The number of hydrogen-bond donors (Lipinski definition) is 2. The number of thiazole rings is 1. The van der Waals surface area contributed by atoms with E-state index in [-0.39, 0.29) is 98.7 Å². The number of aromatic nitrogens is 2. The SMILES string of the molecule is Cc1[nH]c(C(=O)NC2[C@H]3CN(c4nc(C(=O)[O-])c(C(=O)[O-])s4)C[C@@H]23)c(Cl)c1Cl.[Na+].[Na+]. The van der Waals surface area contributed by atoms with E-state index in [2.05, 4.69) is 15.3 Å². The maximum atomic E-state index is 12.4. The molecule has 148 valence electrons. The molecule has 1 aliphatic heterocycles. The first-order valence-corrected chi connectivity index (χ1v) is 9.79. The number of carboxylic acids is 2. The zero-order valence-corrected chi connectivity index (χ0v) is 22.6. The fraction of sp³-hybridized carbons (Fsp3) is 0.375. The number of fused-ring (bicyclic) bond motifs is 1. The molecule has 14 heteroatoms. The minimum absolute atomic E-state index is 0. The van der Waals surface area contributed by atoms with Crippen LogP contribution in [0.5, 0.6) is 0 Å². The molecule has 0 bridgehead atoms. The third-order valence-electron chi connectivity index (χ3n) is 5.04. The Hall–Kier alpha value is -0.300. The fourth-order valence-corrected chi connectivity index (χ4v) is 4.89. The standard InChI is InChI=1S/C16H14Cl2N4O5S.2Na/c1-4-7(17)8(18)10(19-4)13(23)20-9-5-2-22(3-6(5)9)16-21-11(14(24)25)12(28-16)15(26)27;;/h5-6,9,19H,2-3H2,1H3,(H,20,23)(H,24,25)(H,26,27);;/q;2*+1/p-2/t5-,6+,9?;;. The first kappa shape index (κ1) is 26.0. The summed E-state index contributed by atoms with van der Waals surface area (Å²) in [5.74, 6) is -3.31. The topological polar surface area (TPSA) is 141 Å². The van der Waals surface area contributed by atoms with E-state index in [0.29, 0.717) is 23.8 Å². The van der Waals surface area contributed by atoms with E-state index in [1.807, 2.05) is 0 Å². The summed E-state index contributed by atoms with van der Waals surface area (Å²) in [6.07, 6.45) is 0. The zero-order valence-electron chi connectivity index (χ0n) is 16.2. The molecule has 2 N–H and O–H groups in total. The van der Waals surface area contributed by atoms with Crippen LogP contribution in [0.1, 0.15) is 36.3 Å². The van der Waals surface area contributed by atoms with E-state index in [4.69, 9.17) is 23.2 Å². The Morgan fingerprint density at radius 3 is 2.17 bits per heavy atom. The van der Waals surface area contributed by atoms with Gasteiger partial charge in [-0.1, -0.05) is 34.5 Å². The number of halogens is 2. The van der Waals surface area contributed by atoms with Crippen molar-refractivity contribution in [2.75, 3.05) is 18.0 Å². The van der Waals surface area contributed by atoms with Gasteiger partial charge in [-0.2, -0.15) is 0 Å². The number of aromatic amines is 1. The number of aromatic carboxylic acids is 2. The van der Waals surface area contributed by atoms with Crippen molar-refractivity contribution in [3.8, 4) is 0 Å². The van der Waals surface area contributed by atoms with E-state index >= 15 is 0 Å². The number of carbonyl (C=O) groups is 3. The Kier molecular flexibility index (Phi) is 8.37. The van der Waals surface area contributed by atoms with Gasteiger partial charge in [-0.3, -0.25) is 4.79 Å². The molecule has 0 radical (unpaired) electrons. The van der Waals surface area contributed by atoms with Crippen molar-refractivity contribution in [2.45, 2.75) is 13.0 Å². The van der Waals surface area contributed by atoms with Gasteiger partial charge in [-0.25, -0.2) is 4.98 Å². The number of carboxylic acid groups (broad SMARTS) is 2. The smallest absolute Gasteiger partial charge is 0.544 e. The van der Waals surface area contributed by atoms with Gasteiger partial charge in [0.15, 0.2) is 5.13 Å². The largest absolute Gasteiger partial charge is 1.00 e. The van der Waals surface area contributed by atoms with Gasteiger partial charge in [0.1, 0.15) is 11.4 Å². The molecule has 2 aliphatic rings. The number of carbonyl (C=O) groups excluding carboxylic acids is 3. The van der Waals surface area contributed by atoms with E-state index < -0.39 is 22.5 Å².